The van der Waals surface area contributed by atoms with Gasteiger partial charge < -0.3 is 0 Å². The first kappa shape index (κ1) is 17.5. The summed E-state index contributed by atoms with van der Waals surface area (Å²) in [5.74, 6) is 1.49. The number of aryl methyl sites for hydroxylation is 1. The zero-order chi connectivity index (χ0) is 17.1. The highest BCUT2D eigenvalue weighted by atomic mass is 35.5. The van der Waals surface area contributed by atoms with E-state index in [9.17, 15) is 0 Å². The lowest BCUT2D eigenvalue weighted by Crippen LogP contribution is -2.00. The molecule has 2 heterocycles. The van der Waals surface area contributed by atoms with Gasteiger partial charge in [0.25, 0.3) is 0 Å². The van der Waals surface area contributed by atoms with Gasteiger partial charge in [0.05, 0.1) is 0 Å². The van der Waals surface area contributed by atoms with Crippen LogP contribution < -0.4 is 0 Å². The van der Waals surface area contributed by atoms with E-state index in [1.807, 2.05) is 24.3 Å². The largest absolute Gasteiger partial charge is 0.298 e. The number of allylic oxidation sites excluding steroid dienone is 1. The molecule has 0 N–H and O–H groups in total. The van der Waals surface area contributed by atoms with Crippen molar-refractivity contribution in [3.63, 3.8) is 0 Å². The minimum atomic E-state index is 0.635. The molecular weight excluding hydrogens is 381 g/mol. The van der Waals surface area contributed by atoms with E-state index in [1.165, 1.54) is 4.88 Å². The number of thiophene rings is 1. The molecule has 0 spiro atoms. The highest BCUT2D eigenvalue weighted by molar-refractivity contribution is 7.98. The maximum atomic E-state index is 6.25. The van der Waals surface area contributed by atoms with E-state index in [1.54, 1.807) is 23.1 Å². The number of hydrogen-bond acceptors (Lipinski definition) is 4. The van der Waals surface area contributed by atoms with Crippen LogP contribution in [0.1, 0.15) is 10.4 Å². The summed E-state index contributed by atoms with van der Waals surface area (Å²) < 4.78 is 2.06. The average Bonchev–Trinajstić information content (AvgIpc) is 3.14. The molecule has 0 aliphatic heterocycles. The summed E-state index contributed by atoms with van der Waals surface area (Å²) in [6.45, 7) is 6.57. The fraction of sp³-hybridized carbons (Fsp3) is 0.176. The molecule has 0 saturated carbocycles. The predicted molar refractivity (Wildman–Crippen MR) is 104 cm³/mol. The number of benzene rings is 1. The minimum Gasteiger partial charge on any atom is -0.298 e. The molecule has 0 unspecified atom stereocenters. The first-order valence-electron chi connectivity index (χ1n) is 7.25. The Morgan fingerprint density at radius 1 is 1.29 bits per heavy atom. The second-order valence-corrected chi connectivity index (χ2v) is 8.01. The second-order valence-electron chi connectivity index (χ2n) is 5.14. The molecule has 2 aromatic heterocycles. The Hall–Kier alpha value is -1.27. The van der Waals surface area contributed by atoms with Crippen LogP contribution in [0.2, 0.25) is 10.0 Å². The Labute approximate surface area is 159 Å². The summed E-state index contributed by atoms with van der Waals surface area (Å²) in [6.07, 6.45) is 1.85. The van der Waals surface area contributed by atoms with Gasteiger partial charge in [0, 0.05) is 38.2 Å². The maximum absolute atomic E-state index is 6.25. The van der Waals surface area contributed by atoms with Crippen molar-refractivity contribution in [1.29, 1.82) is 0 Å². The summed E-state index contributed by atoms with van der Waals surface area (Å²) >= 11 is 15.8. The molecule has 0 bridgehead atoms. The van der Waals surface area contributed by atoms with E-state index in [4.69, 9.17) is 23.2 Å². The van der Waals surface area contributed by atoms with Gasteiger partial charge in [0.15, 0.2) is 11.0 Å². The number of aromatic nitrogens is 3. The van der Waals surface area contributed by atoms with Crippen LogP contribution in [0.3, 0.4) is 0 Å². The van der Waals surface area contributed by atoms with Crippen LogP contribution in [0.5, 0.6) is 0 Å². The molecule has 0 amide bonds. The zero-order valence-corrected chi connectivity index (χ0v) is 16.1. The number of thioether (sulfide) groups is 1. The zero-order valence-electron chi connectivity index (χ0n) is 13.0. The lowest BCUT2D eigenvalue weighted by Gasteiger charge is -2.08. The molecule has 0 fully saturated rings. The molecule has 0 saturated heterocycles. The van der Waals surface area contributed by atoms with E-state index in [-0.39, 0.29) is 0 Å². The second kappa shape index (κ2) is 7.74. The Balaban J connectivity index is 1.88. The van der Waals surface area contributed by atoms with Crippen molar-refractivity contribution in [2.24, 2.45) is 0 Å². The Morgan fingerprint density at radius 3 is 2.67 bits per heavy atom. The van der Waals surface area contributed by atoms with Crippen molar-refractivity contribution in [2.75, 3.05) is 0 Å². The van der Waals surface area contributed by atoms with E-state index >= 15 is 0 Å². The van der Waals surface area contributed by atoms with E-state index in [2.05, 4.69) is 39.7 Å². The van der Waals surface area contributed by atoms with Gasteiger partial charge in [-0.15, -0.1) is 28.1 Å². The standard InChI is InChI=1S/C17H15Cl2N3S2/c1-3-7-22-16(12-8-11(2)23-9-12)20-21-17(22)24-10-13-14(18)5-4-6-15(13)19/h3-6,8-9H,1,7,10H2,2H3. The van der Waals surface area contributed by atoms with Gasteiger partial charge in [0.1, 0.15) is 0 Å². The van der Waals surface area contributed by atoms with Crippen molar-refractivity contribution >= 4 is 46.3 Å². The predicted octanol–water partition coefficient (Wildman–Crippen LogP) is 6.10. The molecule has 3 nitrogen and oxygen atoms in total. The van der Waals surface area contributed by atoms with E-state index < -0.39 is 0 Å². The van der Waals surface area contributed by atoms with Crippen LogP contribution >= 0.6 is 46.3 Å². The summed E-state index contributed by atoms with van der Waals surface area (Å²) in [5, 5.41) is 13.0. The smallest absolute Gasteiger partial charge is 0.192 e. The van der Waals surface area contributed by atoms with Crippen molar-refractivity contribution in [3.8, 4) is 11.4 Å². The molecule has 24 heavy (non-hydrogen) atoms. The third-order valence-corrected chi connectivity index (χ3v) is 5.99. The minimum absolute atomic E-state index is 0.635. The fourth-order valence-corrected chi connectivity index (χ4v) is 4.64. The average molecular weight is 396 g/mol. The van der Waals surface area contributed by atoms with Crippen molar-refractivity contribution in [1.82, 2.24) is 14.8 Å². The third-order valence-electron chi connectivity index (χ3n) is 3.42. The molecule has 7 heteroatoms. The normalized spacial score (nSPS) is 11.0. The van der Waals surface area contributed by atoms with Gasteiger partial charge in [-0.25, -0.2) is 0 Å². The molecule has 1 aromatic carbocycles. The molecule has 0 aliphatic rings. The topological polar surface area (TPSA) is 30.7 Å². The number of rotatable bonds is 6. The summed E-state index contributed by atoms with van der Waals surface area (Å²) in [6, 6.07) is 7.65. The Kier molecular flexibility index (Phi) is 5.66. The van der Waals surface area contributed by atoms with Gasteiger partial charge in [-0.05, 0) is 30.7 Å². The molecule has 0 aliphatic carbocycles. The number of halogens is 2. The van der Waals surface area contributed by atoms with E-state index in [0.29, 0.717) is 22.3 Å². The summed E-state index contributed by atoms with van der Waals surface area (Å²) in [5.41, 5.74) is 1.99. The maximum Gasteiger partial charge on any atom is 0.192 e. The lowest BCUT2D eigenvalue weighted by atomic mass is 10.2. The Bertz CT molecular complexity index is 850. The van der Waals surface area contributed by atoms with E-state index in [0.717, 1.165) is 22.1 Å². The molecular formula is C17H15Cl2N3S2. The van der Waals surface area contributed by atoms with Crippen LogP contribution in [-0.4, -0.2) is 14.8 Å². The van der Waals surface area contributed by atoms with Gasteiger partial charge in [0.2, 0.25) is 0 Å². The quantitative estimate of drug-likeness (QED) is 0.373. The van der Waals surface area contributed by atoms with Gasteiger partial charge >= 0.3 is 0 Å². The van der Waals surface area contributed by atoms with Crippen LogP contribution in [0.4, 0.5) is 0 Å². The van der Waals surface area contributed by atoms with Crippen molar-refractivity contribution in [2.45, 2.75) is 24.4 Å². The highest BCUT2D eigenvalue weighted by Crippen LogP contribution is 2.33. The van der Waals surface area contributed by atoms with Gasteiger partial charge in [-0.1, -0.05) is 47.1 Å². The monoisotopic (exact) mass is 395 g/mol. The fourth-order valence-electron chi connectivity index (χ4n) is 2.27. The molecule has 0 atom stereocenters. The van der Waals surface area contributed by atoms with Crippen LogP contribution in [0.15, 0.2) is 47.5 Å². The summed E-state index contributed by atoms with van der Waals surface area (Å²) in [4.78, 5) is 1.25. The highest BCUT2D eigenvalue weighted by Gasteiger charge is 2.15. The Morgan fingerprint density at radius 2 is 2.04 bits per heavy atom. The number of hydrogen-bond donors (Lipinski definition) is 0. The van der Waals surface area contributed by atoms with Crippen LogP contribution in [-0.2, 0) is 12.3 Å². The summed E-state index contributed by atoms with van der Waals surface area (Å²) in [7, 11) is 0. The van der Waals surface area contributed by atoms with Crippen molar-refractivity contribution < 1.29 is 0 Å². The SMILES string of the molecule is C=CCn1c(SCc2c(Cl)cccc2Cl)nnc1-c1csc(C)c1. The van der Waals surface area contributed by atoms with Gasteiger partial charge in [-0.2, -0.15) is 0 Å². The van der Waals surface area contributed by atoms with Crippen LogP contribution in [0.25, 0.3) is 11.4 Å². The molecule has 124 valence electrons. The first-order valence-corrected chi connectivity index (χ1v) is 9.87. The lowest BCUT2D eigenvalue weighted by molar-refractivity contribution is 0.731. The molecule has 3 rings (SSSR count). The third kappa shape index (κ3) is 3.70. The number of nitrogens with zero attached hydrogens (tertiary/aromatic N) is 3. The molecule has 3 aromatic rings. The van der Waals surface area contributed by atoms with Crippen LogP contribution in [0, 0.1) is 6.92 Å². The molecule has 0 radical (unpaired) electrons. The first-order chi connectivity index (χ1) is 11.6. The van der Waals surface area contributed by atoms with Gasteiger partial charge in [-0.3, -0.25) is 4.57 Å². The van der Waals surface area contributed by atoms with Crippen molar-refractivity contribution in [3.05, 3.63) is 62.8 Å².